The van der Waals surface area contributed by atoms with Crippen molar-refractivity contribution in [1.82, 2.24) is 10.2 Å². The molecule has 0 spiro atoms. The van der Waals surface area contributed by atoms with E-state index in [-0.39, 0.29) is 20.1 Å². The van der Waals surface area contributed by atoms with E-state index in [4.69, 9.17) is 23.2 Å². The number of hydrogen-bond acceptors (Lipinski definition) is 5. The summed E-state index contributed by atoms with van der Waals surface area (Å²) >= 11 is 12.6. The summed E-state index contributed by atoms with van der Waals surface area (Å²) in [5, 5.41) is 8.49. The average molecular weight is 482 g/mol. The standard InChI is InChI=1S/C17H12Cl2F3N3O2S2/c18-13-6-5-12(9-14(13)19)29(26,27)25-16-24-23-15(28-16)7-4-10-2-1-3-11(8-10)17(20,21)22/h1-3,5-6,8-9H,4,7H2,(H,24,25). The van der Waals surface area contributed by atoms with Crippen molar-refractivity contribution in [2.24, 2.45) is 0 Å². The smallest absolute Gasteiger partial charge is 0.253 e. The molecule has 0 radical (unpaired) electrons. The molecule has 154 valence electrons. The van der Waals surface area contributed by atoms with Crippen molar-refractivity contribution in [2.45, 2.75) is 23.9 Å². The van der Waals surface area contributed by atoms with E-state index in [1.165, 1.54) is 24.3 Å². The first-order chi connectivity index (χ1) is 13.5. The Morgan fingerprint density at radius 3 is 2.45 bits per heavy atom. The zero-order valence-corrected chi connectivity index (χ0v) is 17.5. The molecule has 0 amide bonds. The Labute approximate surface area is 178 Å². The Kier molecular flexibility index (Phi) is 6.37. The molecule has 1 heterocycles. The maximum absolute atomic E-state index is 12.8. The molecular weight excluding hydrogens is 470 g/mol. The van der Waals surface area contributed by atoms with Crippen molar-refractivity contribution in [3.8, 4) is 0 Å². The molecule has 0 aliphatic carbocycles. The number of sulfonamides is 1. The molecule has 0 unspecified atom stereocenters. The van der Waals surface area contributed by atoms with Crippen molar-refractivity contribution in [1.29, 1.82) is 0 Å². The molecule has 1 N–H and O–H groups in total. The van der Waals surface area contributed by atoms with Crippen LogP contribution in [0.3, 0.4) is 0 Å². The Hall–Kier alpha value is -1.88. The van der Waals surface area contributed by atoms with Crippen LogP contribution in [-0.2, 0) is 29.0 Å². The van der Waals surface area contributed by atoms with Gasteiger partial charge in [0.25, 0.3) is 10.0 Å². The number of hydrogen-bond donors (Lipinski definition) is 1. The molecule has 2 aromatic carbocycles. The number of alkyl halides is 3. The van der Waals surface area contributed by atoms with Crippen LogP contribution in [0.1, 0.15) is 16.1 Å². The van der Waals surface area contributed by atoms with Crippen LogP contribution < -0.4 is 4.72 Å². The minimum absolute atomic E-state index is 0.0371. The predicted molar refractivity (Wildman–Crippen MR) is 106 cm³/mol. The van der Waals surface area contributed by atoms with Crippen LogP contribution in [-0.4, -0.2) is 18.6 Å². The number of rotatable bonds is 6. The van der Waals surface area contributed by atoms with Crippen LogP contribution in [0.25, 0.3) is 0 Å². The molecule has 0 fully saturated rings. The van der Waals surface area contributed by atoms with Gasteiger partial charge in [-0.1, -0.05) is 52.7 Å². The lowest BCUT2D eigenvalue weighted by Gasteiger charge is -2.08. The van der Waals surface area contributed by atoms with Crippen LogP contribution in [0.2, 0.25) is 10.0 Å². The molecule has 0 aliphatic heterocycles. The second-order valence-corrected chi connectivity index (χ2v) is 9.44. The lowest BCUT2D eigenvalue weighted by molar-refractivity contribution is -0.137. The first-order valence-corrected chi connectivity index (χ1v) is 11.1. The summed E-state index contributed by atoms with van der Waals surface area (Å²) in [5.41, 5.74) is -0.227. The Morgan fingerprint density at radius 2 is 1.76 bits per heavy atom. The Morgan fingerprint density at radius 1 is 1.00 bits per heavy atom. The first kappa shape index (κ1) is 21.8. The van der Waals surface area contributed by atoms with E-state index in [1.807, 2.05) is 0 Å². The highest BCUT2D eigenvalue weighted by molar-refractivity contribution is 7.93. The third kappa shape index (κ3) is 5.59. The summed E-state index contributed by atoms with van der Waals surface area (Å²) in [7, 11) is -3.94. The number of aryl methyl sites for hydroxylation is 2. The SMILES string of the molecule is O=S(=O)(Nc1nnc(CCc2cccc(C(F)(F)F)c2)s1)c1ccc(Cl)c(Cl)c1. The molecule has 5 nitrogen and oxygen atoms in total. The Balaban J connectivity index is 1.67. The van der Waals surface area contributed by atoms with E-state index in [1.54, 1.807) is 6.07 Å². The van der Waals surface area contributed by atoms with Gasteiger partial charge in [0.05, 0.1) is 20.5 Å². The van der Waals surface area contributed by atoms with Crippen LogP contribution in [0.5, 0.6) is 0 Å². The minimum atomic E-state index is -4.41. The van der Waals surface area contributed by atoms with E-state index in [0.717, 1.165) is 23.5 Å². The third-order valence-corrected chi connectivity index (χ3v) is 6.88. The molecule has 0 saturated heterocycles. The summed E-state index contributed by atoms with van der Waals surface area (Å²) in [6.45, 7) is 0. The van der Waals surface area contributed by atoms with Crippen molar-refractivity contribution < 1.29 is 21.6 Å². The maximum Gasteiger partial charge on any atom is 0.416 e. The number of nitrogens with one attached hydrogen (secondary N) is 1. The van der Waals surface area contributed by atoms with Gasteiger partial charge in [0.1, 0.15) is 5.01 Å². The summed E-state index contributed by atoms with van der Waals surface area (Å²) < 4.78 is 65.4. The second-order valence-electron chi connectivity index (χ2n) is 5.88. The Bertz CT molecular complexity index is 1130. The summed E-state index contributed by atoms with van der Waals surface area (Å²) in [6.07, 6.45) is -3.79. The molecule has 0 bridgehead atoms. The van der Waals surface area contributed by atoms with Crippen molar-refractivity contribution in [3.63, 3.8) is 0 Å². The van der Waals surface area contributed by atoms with Gasteiger partial charge in [0.2, 0.25) is 5.13 Å². The molecule has 12 heteroatoms. The van der Waals surface area contributed by atoms with Crippen LogP contribution in [0, 0.1) is 0 Å². The molecular formula is C17H12Cl2F3N3O2S2. The summed E-state index contributed by atoms with van der Waals surface area (Å²) in [4.78, 5) is -0.0902. The van der Waals surface area contributed by atoms with Gasteiger partial charge in [-0.15, -0.1) is 10.2 Å². The van der Waals surface area contributed by atoms with Crippen LogP contribution in [0.15, 0.2) is 47.4 Å². The third-order valence-electron chi connectivity index (χ3n) is 3.77. The zero-order chi connectivity index (χ0) is 21.2. The lowest BCUT2D eigenvalue weighted by Crippen LogP contribution is -2.12. The summed E-state index contributed by atoms with van der Waals surface area (Å²) in [6, 6.07) is 8.88. The monoisotopic (exact) mass is 481 g/mol. The fourth-order valence-corrected chi connectivity index (χ4v) is 4.73. The fourth-order valence-electron chi connectivity index (χ4n) is 2.37. The molecule has 29 heavy (non-hydrogen) atoms. The van der Waals surface area contributed by atoms with Crippen LogP contribution in [0.4, 0.5) is 18.3 Å². The normalized spacial score (nSPS) is 12.2. The topological polar surface area (TPSA) is 72.0 Å². The molecule has 3 aromatic rings. The molecule has 1 aromatic heterocycles. The largest absolute Gasteiger partial charge is 0.416 e. The predicted octanol–water partition coefficient (Wildman–Crippen LogP) is 5.45. The van der Waals surface area contributed by atoms with Crippen molar-refractivity contribution in [2.75, 3.05) is 4.72 Å². The molecule has 0 atom stereocenters. The fraction of sp³-hybridized carbons (Fsp3) is 0.176. The summed E-state index contributed by atoms with van der Waals surface area (Å²) in [5.74, 6) is 0. The van der Waals surface area contributed by atoms with Gasteiger partial charge in [-0.3, -0.25) is 4.72 Å². The number of aromatic nitrogens is 2. The van der Waals surface area contributed by atoms with E-state index in [9.17, 15) is 21.6 Å². The van der Waals surface area contributed by atoms with Gasteiger partial charge >= 0.3 is 6.18 Å². The highest BCUT2D eigenvalue weighted by Crippen LogP contribution is 2.30. The van der Waals surface area contributed by atoms with E-state index >= 15 is 0 Å². The van der Waals surface area contributed by atoms with Gasteiger partial charge < -0.3 is 0 Å². The van der Waals surface area contributed by atoms with Gasteiger partial charge in [-0.2, -0.15) is 13.2 Å². The molecule has 3 rings (SSSR count). The van der Waals surface area contributed by atoms with Gasteiger partial charge in [-0.05, 0) is 36.2 Å². The van der Waals surface area contributed by atoms with Gasteiger partial charge in [-0.25, -0.2) is 8.42 Å². The number of benzene rings is 2. The van der Waals surface area contributed by atoms with Crippen molar-refractivity contribution in [3.05, 3.63) is 68.6 Å². The average Bonchev–Trinajstić information content (AvgIpc) is 3.08. The zero-order valence-electron chi connectivity index (χ0n) is 14.4. The number of nitrogens with zero attached hydrogens (tertiary/aromatic N) is 2. The molecule has 0 aliphatic rings. The van der Waals surface area contributed by atoms with E-state index < -0.39 is 21.8 Å². The van der Waals surface area contributed by atoms with E-state index in [2.05, 4.69) is 14.9 Å². The lowest BCUT2D eigenvalue weighted by atomic mass is 10.1. The highest BCUT2D eigenvalue weighted by atomic mass is 35.5. The first-order valence-electron chi connectivity index (χ1n) is 8.01. The number of anilines is 1. The minimum Gasteiger partial charge on any atom is -0.253 e. The second kappa shape index (κ2) is 8.47. The van der Waals surface area contributed by atoms with E-state index in [0.29, 0.717) is 23.4 Å². The maximum atomic E-state index is 12.8. The quantitative estimate of drug-likeness (QED) is 0.507. The highest BCUT2D eigenvalue weighted by Gasteiger charge is 2.30. The van der Waals surface area contributed by atoms with Gasteiger partial charge in [0.15, 0.2) is 0 Å². The van der Waals surface area contributed by atoms with Gasteiger partial charge in [0, 0.05) is 6.42 Å². The number of halogens is 5. The molecule has 0 saturated carbocycles. The van der Waals surface area contributed by atoms with Crippen LogP contribution >= 0.6 is 34.5 Å². The van der Waals surface area contributed by atoms with Crippen molar-refractivity contribution >= 4 is 49.7 Å².